The third kappa shape index (κ3) is 4.69. The minimum absolute atomic E-state index is 0.0360. The molecule has 9 heteroatoms. The number of carbonyl (C=O) groups is 2. The number of amides is 2. The van der Waals surface area contributed by atoms with Gasteiger partial charge in [-0.05, 0) is 35.9 Å². The SMILES string of the molecule is O=CN1CCN(C(=O)c2cccc(S(=O)(=O)NCc3ccncc3)c2)CC1. The molecule has 1 fully saturated rings. The average molecular weight is 388 g/mol. The molecule has 27 heavy (non-hydrogen) atoms. The van der Waals surface area contributed by atoms with E-state index < -0.39 is 10.0 Å². The highest BCUT2D eigenvalue weighted by Gasteiger charge is 2.23. The first-order chi connectivity index (χ1) is 13.0. The van der Waals surface area contributed by atoms with E-state index in [1.54, 1.807) is 46.5 Å². The summed E-state index contributed by atoms with van der Waals surface area (Å²) in [4.78, 5) is 30.6. The normalized spacial score (nSPS) is 14.8. The van der Waals surface area contributed by atoms with E-state index in [2.05, 4.69) is 9.71 Å². The van der Waals surface area contributed by atoms with E-state index in [4.69, 9.17) is 0 Å². The van der Waals surface area contributed by atoms with Crippen LogP contribution in [0.4, 0.5) is 0 Å². The molecule has 2 amide bonds. The van der Waals surface area contributed by atoms with Crippen molar-refractivity contribution in [2.24, 2.45) is 0 Å². The molecular formula is C18H20N4O4S. The van der Waals surface area contributed by atoms with Gasteiger partial charge in [0.05, 0.1) is 4.90 Å². The monoisotopic (exact) mass is 388 g/mol. The van der Waals surface area contributed by atoms with Crippen LogP contribution in [-0.2, 0) is 21.4 Å². The summed E-state index contributed by atoms with van der Waals surface area (Å²) in [7, 11) is -3.75. The molecule has 1 saturated heterocycles. The van der Waals surface area contributed by atoms with Crippen molar-refractivity contribution in [1.82, 2.24) is 19.5 Å². The number of benzene rings is 1. The van der Waals surface area contributed by atoms with E-state index in [1.807, 2.05) is 0 Å². The molecule has 1 aromatic heterocycles. The Morgan fingerprint density at radius 2 is 1.81 bits per heavy atom. The van der Waals surface area contributed by atoms with Gasteiger partial charge in [0, 0.05) is 50.7 Å². The van der Waals surface area contributed by atoms with Crippen molar-refractivity contribution in [3.05, 3.63) is 59.9 Å². The zero-order valence-corrected chi connectivity index (χ0v) is 15.4. The molecule has 0 saturated carbocycles. The largest absolute Gasteiger partial charge is 0.342 e. The Labute approximate surface area is 157 Å². The maximum Gasteiger partial charge on any atom is 0.254 e. The quantitative estimate of drug-likeness (QED) is 0.726. The van der Waals surface area contributed by atoms with Crippen molar-refractivity contribution in [3.8, 4) is 0 Å². The highest BCUT2D eigenvalue weighted by Crippen LogP contribution is 2.15. The van der Waals surface area contributed by atoms with Crippen LogP contribution in [0.15, 0.2) is 53.7 Å². The summed E-state index contributed by atoms with van der Waals surface area (Å²) in [5.74, 6) is -0.244. The summed E-state index contributed by atoms with van der Waals surface area (Å²) >= 11 is 0. The van der Waals surface area contributed by atoms with Crippen LogP contribution in [0.25, 0.3) is 0 Å². The van der Waals surface area contributed by atoms with Gasteiger partial charge in [-0.2, -0.15) is 0 Å². The fourth-order valence-electron chi connectivity index (χ4n) is 2.77. The lowest BCUT2D eigenvalue weighted by Gasteiger charge is -2.32. The predicted octanol–water partition coefficient (Wildman–Crippen LogP) is 0.474. The van der Waals surface area contributed by atoms with E-state index in [0.29, 0.717) is 31.7 Å². The van der Waals surface area contributed by atoms with E-state index in [-0.39, 0.29) is 17.3 Å². The van der Waals surface area contributed by atoms with Crippen LogP contribution in [0, 0.1) is 0 Å². The third-order valence-corrected chi connectivity index (χ3v) is 5.76. The van der Waals surface area contributed by atoms with Crippen LogP contribution < -0.4 is 4.72 Å². The zero-order valence-electron chi connectivity index (χ0n) is 14.6. The van der Waals surface area contributed by atoms with Gasteiger partial charge in [0.1, 0.15) is 0 Å². The fraction of sp³-hybridized carbons (Fsp3) is 0.278. The molecule has 3 rings (SSSR count). The average Bonchev–Trinajstić information content (AvgIpc) is 2.73. The second-order valence-electron chi connectivity index (χ2n) is 6.14. The van der Waals surface area contributed by atoms with Gasteiger partial charge in [-0.15, -0.1) is 0 Å². The molecule has 1 N–H and O–H groups in total. The third-order valence-electron chi connectivity index (χ3n) is 4.36. The lowest BCUT2D eigenvalue weighted by Crippen LogP contribution is -2.48. The molecule has 1 aliphatic heterocycles. The molecule has 1 aliphatic rings. The number of piperazine rings is 1. The Morgan fingerprint density at radius 1 is 1.11 bits per heavy atom. The molecule has 0 radical (unpaired) electrons. The van der Waals surface area contributed by atoms with Crippen molar-refractivity contribution in [2.45, 2.75) is 11.4 Å². The standard InChI is InChI=1S/C18H20N4O4S/c23-14-21-8-10-22(11-9-21)18(24)16-2-1-3-17(12-16)27(25,26)20-13-15-4-6-19-7-5-15/h1-7,12,14,20H,8-11,13H2. The molecule has 8 nitrogen and oxygen atoms in total. The number of sulfonamides is 1. The van der Waals surface area contributed by atoms with Crippen LogP contribution in [0.2, 0.25) is 0 Å². The van der Waals surface area contributed by atoms with Crippen LogP contribution >= 0.6 is 0 Å². The van der Waals surface area contributed by atoms with Gasteiger partial charge in [-0.25, -0.2) is 13.1 Å². The Balaban J connectivity index is 1.70. The summed E-state index contributed by atoms with van der Waals surface area (Å²) in [6, 6.07) is 9.43. The Kier molecular flexibility index (Phi) is 5.82. The van der Waals surface area contributed by atoms with Crippen LogP contribution in [0.3, 0.4) is 0 Å². The predicted molar refractivity (Wildman–Crippen MR) is 98.2 cm³/mol. The summed E-state index contributed by atoms with van der Waals surface area (Å²) in [5, 5.41) is 0. The summed E-state index contributed by atoms with van der Waals surface area (Å²) < 4.78 is 27.6. The summed E-state index contributed by atoms with van der Waals surface area (Å²) in [6.07, 6.45) is 3.95. The highest BCUT2D eigenvalue weighted by atomic mass is 32.2. The van der Waals surface area contributed by atoms with Gasteiger partial charge in [-0.1, -0.05) is 6.07 Å². The van der Waals surface area contributed by atoms with Crippen LogP contribution in [0.5, 0.6) is 0 Å². The second-order valence-corrected chi connectivity index (χ2v) is 7.91. The van der Waals surface area contributed by atoms with E-state index in [1.165, 1.54) is 12.1 Å². The van der Waals surface area contributed by atoms with Crippen molar-refractivity contribution >= 4 is 22.3 Å². The lowest BCUT2D eigenvalue weighted by molar-refractivity contribution is -0.119. The molecule has 0 aliphatic carbocycles. The van der Waals surface area contributed by atoms with Gasteiger partial charge < -0.3 is 9.80 Å². The topological polar surface area (TPSA) is 99.7 Å². The number of hydrogen-bond donors (Lipinski definition) is 1. The summed E-state index contributed by atoms with van der Waals surface area (Å²) in [5.41, 5.74) is 1.09. The van der Waals surface area contributed by atoms with Gasteiger partial charge in [0.15, 0.2) is 0 Å². The van der Waals surface area contributed by atoms with Crippen LogP contribution in [-0.4, -0.2) is 61.7 Å². The number of aromatic nitrogens is 1. The lowest BCUT2D eigenvalue weighted by atomic mass is 10.2. The number of hydrogen-bond acceptors (Lipinski definition) is 5. The van der Waals surface area contributed by atoms with Crippen molar-refractivity contribution in [1.29, 1.82) is 0 Å². The van der Waals surface area contributed by atoms with E-state index in [0.717, 1.165) is 12.0 Å². The summed E-state index contributed by atoms with van der Waals surface area (Å²) in [6.45, 7) is 1.93. The van der Waals surface area contributed by atoms with Gasteiger partial charge in [0.25, 0.3) is 5.91 Å². The first-order valence-corrected chi connectivity index (χ1v) is 9.95. The molecule has 1 aromatic carbocycles. The molecule has 142 valence electrons. The minimum atomic E-state index is -3.75. The molecule has 0 unspecified atom stereocenters. The Bertz CT molecular complexity index is 910. The second kappa shape index (κ2) is 8.28. The molecule has 0 atom stereocenters. The Morgan fingerprint density at radius 3 is 2.48 bits per heavy atom. The number of nitrogens with zero attached hydrogens (tertiary/aromatic N) is 3. The number of nitrogens with one attached hydrogen (secondary N) is 1. The van der Waals surface area contributed by atoms with Gasteiger partial charge in [0.2, 0.25) is 16.4 Å². The number of carbonyl (C=O) groups excluding carboxylic acids is 2. The fourth-order valence-corrected chi connectivity index (χ4v) is 3.83. The van der Waals surface area contributed by atoms with Gasteiger partial charge >= 0.3 is 0 Å². The highest BCUT2D eigenvalue weighted by molar-refractivity contribution is 7.89. The van der Waals surface area contributed by atoms with Crippen molar-refractivity contribution in [2.75, 3.05) is 26.2 Å². The van der Waals surface area contributed by atoms with E-state index in [9.17, 15) is 18.0 Å². The molecule has 2 heterocycles. The first kappa shape index (κ1) is 19.0. The van der Waals surface area contributed by atoms with Crippen LogP contribution in [0.1, 0.15) is 15.9 Å². The maximum atomic E-state index is 12.7. The van der Waals surface area contributed by atoms with Gasteiger partial charge in [-0.3, -0.25) is 14.6 Å². The maximum absolute atomic E-state index is 12.7. The van der Waals surface area contributed by atoms with E-state index >= 15 is 0 Å². The molecule has 0 bridgehead atoms. The van der Waals surface area contributed by atoms with Crippen molar-refractivity contribution < 1.29 is 18.0 Å². The molecular weight excluding hydrogens is 368 g/mol. The number of rotatable bonds is 6. The minimum Gasteiger partial charge on any atom is -0.342 e. The Hall–Kier alpha value is -2.78. The van der Waals surface area contributed by atoms with Crippen molar-refractivity contribution in [3.63, 3.8) is 0 Å². The molecule has 0 spiro atoms. The molecule has 2 aromatic rings. The zero-order chi connectivity index (χ0) is 19.3. The smallest absolute Gasteiger partial charge is 0.254 e. The first-order valence-electron chi connectivity index (χ1n) is 8.47. The number of pyridine rings is 1.